The topological polar surface area (TPSA) is 96.0 Å². The summed E-state index contributed by atoms with van der Waals surface area (Å²) >= 11 is 6.20. The van der Waals surface area contributed by atoms with E-state index in [1.54, 1.807) is 51.3 Å². The third-order valence-corrected chi connectivity index (χ3v) is 7.48. The van der Waals surface area contributed by atoms with Gasteiger partial charge in [0, 0.05) is 31.1 Å². The number of nitrogens with one attached hydrogen (secondary N) is 1. The van der Waals surface area contributed by atoms with E-state index >= 15 is 0 Å². The Morgan fingerprint density at radius 3 is 2.39 bits per heavy atom. The van der Waals surface area contributed by atoms with Gasteiger partial charge < -0.3 is 15.0 Å². The van der Waals surface area contributed by atoms with E-state index in [9.17, 15) is 18.0 Å². The zero-order valence-corrected chi connectivity index (χ0v) is 23.2. The molecule has 0 aliphatic rings. The van der Waals surface area contributed by atoms with Crippen LogP contribution in [0.5, 0.6) is 5.75 Å². The van der Waals surface area contributed by atoms with Crippen molar-refractivity contribution in [3.05, 3.63) is 58.6 Å². The molecule has 0 unspecified atom stereocenters. The number of hydrogen-bond acceptors (Lipinski definition) is 5. The average molecular weight is 538 g/mol. The van der Waals surface area contributed by atoms with Gasteiger partial charge in [-0.1, -0.05) is 36.7 Å². The van der Waals surface area contributed by atoms with Crippen LogP contribution in [0.3, 0.4) is 0 Å². The molecule has 2 amide bonds. The third-order valence-electron chi connectivity index (χ3n) is 5.89. The predicted molar refractivity (Wildman–Crippen MR) is 144 cm³/mol. The molecular formula is C26H36ClN3O5S. The number of halogens is 1. The maximum absolute atomic E-state index is 13.3. The summed E-state index contributed by atoms with van der Waals surface area (Å²) in [6.07, 6.45) is 2.27. The van der Waals surface area contributed by atoms with Crippen LogP contribution < -0.4 is 14.4 Å². The number of nitrogens with zero attached hydrogens (tertiary/aromatic N) is 2. The summed E-state index contributed by atoms with van der Waals surface area (Å²) < 4.78 is 31.5. The second kappa shape index (κ2) is 13.5. The lowest BCUT2D eigenvalue weighted by Gasteiger charge is -2.29. The Kier molecular flexibility index (Phi) is 11.0. The number of ether oxygens (including phenoxy) is 1. The minimum atomic E-state index is -3.60. The van der Waals surface area contributed by atoms with Crippen LogP contribution in [0.15, 0.2) is 42.5 Å². The molecule has 0 saturated heterocycles. The van der Waals surface area contributed by atoms with Gasteiger partial charge in [-0.2, -0.15) is 0 Å². The number of rotatable bonds is 13. The normalized spacial score (nSPS) is 12.1. The van der Waals surface area contributed by atoms with E-state index in [0.29, 0.717) is 28.6 Å². The van der Waals surface area contributed by atoms with Crippen LogP contribution in [-0.4, -0.2) is 57.6 Å². The van der Waals surface area contributed by atoms with Gasteiger partial charge in [-0.25, -0.2) is 8.42 Å². The second-order valence-corrected chi connectivity index (χ2v) is 11.0. The molecule has 8 nitrogen and oxygen atoms in total. The molecule has 0 heterocycles. The van der Waals surface area contributed by atoms with Crippen LogP contribution in [-0.2, 0) is 26.2 Å². The lowest BCUT2D eigenvalue weighted by molar-refractivity contribution is -0.140. The van der Waals surface area contributed by atoms with E-state index in [1.807, 2.05) is 19.1 Å². The molecule has 0 fully saturated rings. The van der Waals surface area contributed by atoms with Crippen molar-refractivity contribution in [3.8, 4) is 5.75 Å². The summed E-state index contributed by atoms with van der Waals surface area (Å²) in [5.74, 6) is 0.231. The molecule has 2 rings (SSSR count). The third kappa shape index (κ3) is 8.13. The van der Waals surface area contributed by atoms with E-state index in [4.69, 9.17) is 16.3 Å². The first-order chi connectivity index (χ1) is 17.0. The van der Waals surface area contributed by atoms with Gasteiger partial charge in [0.2, 0.25) is 21.8 Å². The minimum absolute atomic E-state index is 0.0766. The zero-order chi connectivity index (χ0) is 26.9. The smallest absolute Gasteiger partial charge is 0.242 e. The highest BCUT2D eigenvalue weighted by molar-refractivity contribution is 7.92. The highest BCUT2D eigenvalue weighted by atomic mass is 35.5. The first-order valence-corrected chi connectivity index (χ1v) is 14.1. The molecule has 2 aromatic rings. The van der Waals surface area contributed by atoms with Crippen LogP contribution in [0.25, 0.3) is 0 Å². The Hall–Kier alpha value is -2.78. The number of carbonyl (C=O) groups is 2. The van der Waals surface area contributed by atoms with Crippen molar-refractivity contribution in [2.75, 3.05) is 30.8 Å². The van der Waals surface area contributed by atoms with Crippen LogP contribution in [0.4, 0.5) is 5.69 Å². The summed E-state index contributed by atoms with van der Waals surface area (Å²) in [6.45, 7) is 6.29. The van der Waals surface area contributed by atoms with Crippen molar-refractivity contribution in [1.82, 2.24) is 10.2 Å². The number of carbonyl (C=O) groups excluding carboxylic acids is 2. The maximum Gasteiger partial charge on any atom is 0.242 e. The molecule has 10 heteroatoms. The number of hydrogen-bond donors (Lipinski definition) is 1. The van der Waals surface area contributed by atoms with Crippen molar-refractivity contribution in [1.29, 1.82) is 0 Å². The first-order valence-electron chi connectivity index (χ1n) is 11.9. The van der Waals surface area contributed by atoms with Gasteiger partial charge in [0.1, 0.15) is 11.8 Å². The SMILES string of the molecule is CCCNC(=O)[C@H](C)N(Cc1ccc(OC)cc1)C(=O)CCCN(c1cccc(Cl)c1C)S(C)(=O)=O. The molecule has 36 heavy (non-hydrogen) atoms. The summed E-state index contributed by atoms with van der Waals surface area (Å²) in [6, 6.07) is 11.7. The maximum atomic E-state index is 13.3. The zero-order valence-electron chi connectivity index (χ0n) is 21.6. The summed E-state index contributed by atoms with van der Waals surface area (Å²) in [4.78, 5) is 27.5. The standard InChI is InChI=1S/C26H36ClN3O5S/c1-6-16-28-26(32)20(3)29(18-21-12-14-22(35-4)15-13-21)25(31)11-8-17-30(36(5,33)34)24-10-7-9-23(27)19(24)2/h7,9-10,12-15,20H,6,8,11,16-18H2,1-5H3,(H,28,32)/t20-/m0/s1. The molecule has 198 valence electrons. The predicted octanol–water partition coefficient (Wildman–Crippen LogP) is 4.15. The Labute approximate surface area is 219 Å². The van der Waals surface area contributed by atoms with E-state index in [0.717, 1.165) is 18.2 Å². The average Bonchev–Trinajstić information content (AvgIpc) is 2.84. The highest BCUT2D eigenvalue weighted by Gasteiger charge is 2.27. The Bertz CT molecular complexity index is 1140. The minimum Gasteiger partial charge on any atom is -0.497 e. The molecule has 2 aromatic carbocycles. The molecule has 0 spiro atoms. The molecule has 1 atom stereocenters. The van der Waals surface area contributed by atoms with Gasteiger partial charge in [-0.15, -0.1) is 0 Å². The van der Waals surface area contributed by atoms with Crippen LogP contribution in [0, 0.1) is 6.92 Å². The fourth-order valence-electron chi connectivity index (χ4n) is 3.75. The number of anilines is 1. The van der Waals surface area contributed by atoms with E-state index in [1.165, 1.54) is 9.21 Å². The molecule has 0 bridgehead atoms. The molecular weight excluding hydrogens is 502 g/mol. The Balaban J connectivity index is 2.19. The Morgan fingerprint density at radius 1 is 1.14 bits per heavy atom. The van der Waals surface area contributed by atoms with Crippen molar-refractivity contribution in [2.24, 2.45) is 0 Å². The van der Waals surface area contributed by atoms with Crippen LogP contribution in [0.2, 0.25) is 5.02 Å². The van der Waals surface area contributed by atoms with E-state index in [2.05, 4.69) is 5.32 Å². The highest BCUT2D eigenvalue weighted by Crippen LogP contribution is 2.28. The van der Waals surface area contributed by atoms with Gasteiger partial charge in [-0.05, 0) is 62.1 Å². The van der Waals surface area contributed by atoms with Crippen LogP contribution >= 0.6 is 11.6 Å². The van der Waals surface area contributed by atoms with Crippen molar-refractivity contribution in [2.45, 2.75) is 52.6 Å². The van der Waals surface area contributed by atoms with Gasteiger partial charge >= 0.3 is 0 Å². The summed E-state index contributed by atoms with van der Waals surface area (Å²) in [5, 5.41) is 3.31. The molecule has 1 N–H and O–H groups in total. The number of methoxy groups -OCH3 is 1. The fraction of sp³-hybridized carbons (Fsp3) is 0.462. The first kappa shape index (κ1) is 29.5. The van der Waals surface area contributed by atoms with Crippen LogP contribution in [0.1, 0.15) is 44.2 Å². The molecule has 0 aliphatic heterocycles. The van der Waals surface area contributed by atoms with Crippen molar-refractivity contribution < 1.29 is 22.7 Å². The monoisotopic (exact) mass is 537 g/mol. The van der Waals surface area contributed by atoms with Crippen molar-refractivity contribution in [3.63, 3.8) is 0 Å². The number of benzene rings is 2. The van der Waals surface area contributed by atoms with Gasteiger partial charge in [0.15, 0.2) is 0 Å². The van der Waals surface area contributed by atoms with E-state index in [-0.39, 0.29) is 37.7 Å². The number of sulfonamides is 1. The summed E-state index contributed by atoms with van der Waals surface area (Å²) in [7, 11) is -2.02. The molecule has 0 saturated carbocycles. The lowest BCUT2D eigenvalue weighted by atomic mass is 10.1. The Morgan fingerprint density at radius 2 is 1.81 bits per heavy atom. The number of amides is 2. The fourth-order valence-corrected chi connectivity index (χ4v) is 4.94. The molecule has 0 aromatic heterocycles. The van der Waals surface area contributed by atoms with Gasteiger partial charge in [-0.3, -0.25) is 13.9 Å². The lowest BCUT2D eigenvalue weighted by Crippen LogP contribution is -2.47. The largest absolute Gasteiger partial charge is 0.497 e. The van der Waals surface area contributed by atoms with Gasteiger partial charge in [0.25, 0.3) is 0 Å². The summed E-state index contributed by atoms with van der Waals surface area (Å²) in [5.41, 5.74) is 1.99. The van der Waals surface area contributed by atoms with Crippen molar-refractivity contribution >= 4 is 39.1 Å². The van der Waals surface area contributed by atoms with E-state index < -0.39 is 16.1 Å². The molecule has 0 aliphatic carbocycles. The van der Waals surface area contributed by atoms with Gasteiger partial charge in [0.05, 0.1) is 19.1 Å². The molecule has 0 radical (unpaired) electrons. The quantitative estimate of drug-likeness (QED) is 0.414. The second-order valence-electron chi connectivity index (χ2n) is 8.66.